The summed E-state index contributed by atoms with van der Waals surface area (Å²) in [5.74, 6) is 0.147. The molecule has 0 saturated carbocycles. The highest BCUT2D eigenvalue weighted by molar-refractivity contribution is 6.32. The summed E-state index contributed by atoms with van der Waals surface area (Å²) in [4.78, 5) is 15.9. The first-order chi connectivity index (χ1) is 9.11. The van der Waals surface area contributed by atoms with Crippen molar-refractivity contribution < 1.29 is 9.53 Å². The highest BCUT2D eigenvalue weighted by atomic mass is 35.5. The van der Waals surface area contributed by atoms with Gasteiger partial charge in [0.15, 0.2) is 0 Å². The van der Waals surface area contributed by atoms with Crippen molar-refractivity contribution >= 4 is 28.9 Å². The predicted molar refractivity (Wildman–Crippen MR) is 74.6 cm³/mol. The summed E-state index contributed by atoms with van der Waals surface area (Å²) in [6.07, 6.45) is 2.94. The number of halogens is 1. The SMILES string of the molecule is COc1cc(NC(=O)c2cnccc2N)ccc1Cl. The van der Waals surface area contributed by atoms with Crippen LogP contribution in [0.25, 0.3) is 0 Å². The molecule has 0 aliphatic heterocycles. The van der Waals surface area contributed by atoms with Gasteiger partial charge in [-0.25, -0.2) is 0 Å². The Morgan fingerprint density at radius 1 is 1.42 bits per heavy atom. The van der Waals surface area contributed by atoms with Crippen molar-refractivity contribution in [1.82, 2.24) is 4.98 Å². The number of rotatable bonds is 3. The van der Waals surface area contributed by atoms with Gasteiger partial charge in [0.25, 0.3) is 5.91 Å². The average molecular weight is 278 g/mol. The van der Waals surface area contributed by atoms with Crippen LogP contribution in [0.3, 0.4) is 0 Å². The van der Waals surface area contributed by atoms with Crippen LogP contribution in [0.4, 0.5) is 11.4 Å². The van der Waals surface area contributed by atoms with E-state index in [0.29, 0.717) is 27.7 Å². The van der Waals surface area contributed by atoms with Crippen LogP contribution in [0.1, 0.15) is 10.4 Å². The summed E-state index contributed by atoms with van der Waals surface area (Å²) in [5.41, 5.74) is 6.96. The molecule has 98 valence electrons. The van der Waals surface area contributed by atoms with E-state index in [4.69, 9.17) is 22.1 Å². The second-order valence-electron chi connectivity index (χ2n) is 3.77. The minimum atomic E-state index is -0.338. The molecule has 0 radical (unpaired) electrons. The molecule has 0 bridgehead atoms. The normalized spacial score (nSPS) is 10.0. The average Bonchev–Trinajstić information content (AvgIpc) is 2.41. The van der Waals surface area contributed by atoms with E-state index >= 15 is 0 Å². The predicted octanol–water partition coefficient (Wildman–Crippen LogP) is 2.58. The molecule has 0 saturated heterocycles. The smallest absolute Gasteiger partial charge is 0.259 e. The fourth-order valence-electron chi connectivity index (χ4n) is 1.53. The highest BCUT2D eigenvalue weighted by Gasteiger charge is 2.11. The van der Waals surface area contributed by atoms with E-state index in [1.807, 2.05) is 0 Å². The lowest BCUT2D eigenvalue weighted by molar-refractivity contribution is 0.102. The maximum absolute atomic E-state index is 12.0. The van der Waals surface area contributed by atoms with Crippen molar-refractivity contribution in [2.45, 2.75) is 0 Å². The first kappa shape index (κ1) is 13.2. The Bertz CT molecular complexity index is 617. The van der Waals surface area contributed by atoms with Crippen LogP contribution in [0.15, 0.2) is 36.7 Å². The van der Waals surface area contributed by atoms with Crippen LogP contribution < -0.4 is 15.8 Å². The van der Waals surface area contributed by atoms with Crippen molar-refractivity contribution in [3.8, 4) is 5.75 Å². The molecule has 1 aromatic heterocycles. The number of nitrogens with zero attached hydrogens (tertiary/aromatic N) is 1. The lowest BCUT2D eigenvalue weighted by Crippen LogP contribution is -2.14. The van der Waals surface area contributed by atoms with Gasteiger partial charge in [-0.3, -0.25) is 9.78 Å². The Kier molecular flexibility index (Phi) is 3.87. The molecule has 0 atom stereocenters. The number of methoxy groups -OCH3 is 1. The van der Waals surface area contributed by atoms with Gasteiger partial charge in [0.05, 0.1) is 17.7 Å². The number of pyridine rings is 1. The number of nitrogens with one attached hydrogen (secondary N) is 1. The zero-order chi connectivity index (χ0) is 13.8. The van der Waals surface area contributed by atoms with Crippen LogP contribution in [0.5, 0.6) is 5.75 Å². The lowest BCUT2D eigenvalue weighted by atomic mass is 10.2. The molecule has 0 aliphatic rings. The van der Waals surface area contributed by atoms with Crippen LogP contribution in [-0.2, 0) is 0 Å². The fourth-order valence-corrected chi connectivity index (χ4v) is 1.73. The van der Waals surface area contributed by atoms with Gasteiger partial charge < -0.3 is 15.8 Å². The van der Waals surface area contributed by atoms with Crippen molar-refractivity contribution in [2.24, 2.45) is 0 Å². The molecule has 1 aromatic carbocycles. The monoisotopic (exact) mass is 277 g/mol. The summed E-state index contributed by atoms with van der Waals surface area (Å²) in [6.45, 7) is 0. The van der Waals surface area contributed by atoms with Crippen molar-refractivity contribution in [3.05, 3.63) is 47.2 Å². The number of benzene rings is 1. The van der Waals surface area contributed by atoms with Crippen LogP contribution in [0.2, 0.25) is 5.02 Å². The lowest BCUT2D eigenvalue weighted by Gasteiger charge is -2.09. The fraction of sp³-hybridized carbons (Fsp3) is 0.0769. The molecule has 6 heteroatoms. The minimum absolute atomic E-state index is 0.316. The first-order valence-corrected chi connectivity index (χ1v) is 5.84. The summed E-state index contributed by atoms with van der Waals surface area (Å²) in [7, 11) is 1.51. The molecule has 0 spiro atoms. The maximum atomic E-state index is 12.0. The molecule has 3 N–H and O–H groups in total. The number of carbonyl (C=O) groups excluding carboxylic acids is 1. The van der Waals surface area contributed by atoms with E-state index in [1.165, 1.54) is 19.5 Å². The van der Waals surface area contributed by atoms with Gasteiger partial charge in [0.1, 0.15) is 5.75 Å². The summed E-state index contributed by atoms with van der Waals surface area (Å²) >= 11 is 5.91. The van der Waals surface area contributed by atoms with E-state index in [2.05, 4.69) is 10.3 Å². The molecule has 2 aromatic rings. The number of ether oxygens (including phenoxy) is 1. The van der Waals surface area contributed by atoms with E-state index in [-0.39, 0.29) is 5.91 Å². The molecule has 2 rings (SSSR count). The van der Waals surface area contributed by atoms with Crippen LogP contribution in [0, 0.1) is 0 Å². The Balaban J connectivity index is 2.22. The largest absolute Gasteiger partial charge is 0.495 e. The molecule has 0 unspecified atom stereocenters. The maximum Gasteiger partial charge on any atom is 0.259 e. The van der Waals surface area contributed by atoms with Gasteiger partial charge in [-0.1, -0.05) is 11.6 Å². The Labute approximate surface area is 115 Å². The standard InChI is InChI=1S/C13H12ClN3O2/c1-19-12-6-8(2-3-10(12)14)17-13(18)9-7-16-5-4-11(9)15/h2-7H,1H3,(H2,15,16)(H,17,18). The van der Waals surface area contributed by atoms with Gasteiger partial charge in [0, 0.05) is 29.8 Å². The van der Waals surface area contributed by atoms with Crippen molar-refractivity contribution in [1.29, 1.82) is 0 Å². The zero-order valence-electron chi connectivity index (χ0n) is 10.2. The minimum Gasteiger partial charge on any atom is -0.495 e. The summed E-state index contributed by atoms with van der Waals surface area (Å²) < 4.78 is 5.08. The molecule has 5 nitrogen and oxygen atoms in total. The number of hydrogen-bond donors (Lipinski definition) is 2. The Hall–Kier alpha value is -2.27. The molecule has 19 heavy (non-hydrogen) atoms. The first-order valence-electron chi connectivity index (χ1n) is 5.46. The van der Waals surface area contributed by atoms with Crippen molar-refractivity contribution in [3.63, 3.8) is 0 Å². The van der Waals surface area contributed by atoms with Crippen LogP contribution >= 0.6 is 11.6 Å². The molecular formula is C13H12ClN3O2. The van der Waals surface area contributed by atoms with Gasteiger partial charge in [-0.05, 0) is 18.2 Å². The summed E-state index contributed by atoms with van der Waals surface area (Å²) in [5, 5.41) is 3.18. The van der Waals surface area contributed by atoms with E-state index in [1.54, 1.807) is 24.3 Å². The third-order valence-corrected chi connectivity index (χ3v) is 2.82. The Morgan fingerprint density at radius 2 is 2.21 bits per heavy atom. The third-order valence-electron chi connectivity index (χ3n) is 2.51. The second-order valence-corrected chi connectivity index (χ2v) is 4.17. The van der Waals surface area contributed by atoms with E-state index in [0.717, 1.165) is 0 Å². The Morgan fingerprint density at radius 3 is 2.89 bits per heavy atom. The van der Waals surface area contributed by atoms with Crippen LogP contribution in [-0.4, -0.2) is 18.0 Å². The molecule has 0 aliphatic carbocycles. The van der Waals surface area contributed by atoms with Gasteiger partial charge >= 0.3 is 0 Å². The molecule has 0 fully saturated rings. The number of nitrogens with two attached hydrogens (primary N) is 1. The number of nitrogen functional groups attached to an aromatic ring is 1. The topological polar surface area (TPSA) is 77.2 Å². The zero-order valence-corrected chi connectivity index (χ0v) is 10.9. The number of anilines is 2. The van der Waals surface area contributed by atoms with Gasteiger partial charge in [-0.15, -0.1) is 0 Å². The van der Waals surface area contributed by atoms with E-state index < -0.39 is 0 Å². The van der Waals surface area contributed by atoms with E-state index in [9.17, 15) is 4.79 Å². The number of amides is 1. The third kappa shape index (κ3) is 2.95. The molecule has 1 heterocycles. The second kappa shape index (κ2) is 5.58. The number of aromatic nitrogens is 1. The van der Waals surface area contributed by atoms with Gasteiger partial charge in [-0.2, -0.15) is 0 Å². The number of hydrogen-bond acceptors (Lipinski definition) is 4. The molecule has 1 amide bonds. The summed E-state index contributed by atoms with van der Waals surface area (Å²) in [6, 6.07) is 6.52. The van der Waals surface area contributed by atoms with Crippen molar-refractivity contribution in [2.75, 3.05) is 18.2 Å². The van der Waals surface area contributed by atoms with Gasteiger partial charge in [0.2, 0.25) is 0 Å². The highest BCUT2D eigenvalue weighted by Crippen LogP contribution is 2.27. The number of carbonyl (C=O) groups is 1. The molecular weight excluding hydrogens is 266 g/mol. The quantitative estimate of drug-likeness (QED) is 0.904.